The Hall–Kier alpha value is -2.82. The van der Waals surface area contributed by atoms with Crippen molar-refractivity contribution in [3.05, 3.63) is 59.4 Å². The summed E-state index contributed by atoms with van der Waals surface area (Å²) in [4.78, 5) is 16.5. The number of rotatable bonds is 5. The van der Waals surface area contributed by atoms with Crippen LogP contribution < -0.4 is 4.74 Å². The van der Waals surface area contributed by atoms with Crippen molar-refractivity contribution in [2.45, 2.75) is 20.4 Å². The van der Waals surface area contributed by atoms with Gasteiger partial charge in [-0.1, -0.05) is 12.1 Å². The Balaban J connectivity index is 1.97. The normalized spacial score (nSPS) is 10.8. The summed E-state index contributed by atoms with van der Waals surface area (Å²) in [6.45, 7) is 4.81. The fourth-order valence-corrected chi connectivity index (χ4v) is 2.70. The maximum absolute atomic E-state index is 12.0. The van der Waals surface area contributed by atoms with E-state index in [0.29, 0.717) is 18.7 Å². The van der Waals surface area contributed by atoms with Crippen LogP contribution in [0.15, 0.2) is 42.5 Å². The number of ether oxygens (including phenoxy) is 2. The zero-order chi connectivity index (χ0) is 17.1. The summed E-state index contributed by atoms with van der Waals surface area (Å²) in [7, 11) is 1.65. The van der Waals surface area contributed by atoms with Crippen LogP contribution in [0.4, 0.5) is 0 Å². The van der Waals surface area contributed by atoms with Gasteiger partial charge in [-0.05, 0) is 49.7 Å². The molecule has 3 aromatic rings. The van der Waals surface area contributed by atoms with E-state index in [0.717, 1.165) is 28.2 Å². The number of esters is 1. The third kappa shape index (κ3) is 3.11. The summed E-state index contributed by atoms with van der Waals surface area (Å²) in [5.74, 6) is 1.42. The van der Waals surface area contributed by atoms with Gasteiger partial charge in [-0.25, -0.2) is 9.78 Å². The van der Waals surface area contributed by atoms with Gasteiger partial charge in [0.15, 0.2) is 0 Å². The number of hydrogen-bond acceptors (Lipinski definition) is 4. The molecule has 0 unspecified atom stereocenters. The number of aryl methyl sites for hydroxylation is 1. The summed E-state index contributed by atoms with van der Waals surface area (Å²) < 4.78 is 12.4. The summed E-state index contributed by atoms with van der Waals surface area (Å²) in [6, 6.07) is 13.4. The molecule has 0 radical (unpaired) electrons. The van der Waals surface area contributed by atoms with E-state index in [4.69, 9.17) is 9.47 Å². The molecule has 1 aromatic heterocycles. The molecule has 1 heterocycles. The van der Waals surface area contributed by atoms with E-state index in [-0.39, 0.29) is 5.97 Å². The van der Waals surface area contributed by atoms with Crippen LogP contribution in [0.5, 0.6) is 5.75 Å². The van der Waals surface area contributed by atoms with Crippen LogP contribution in [0.25, 0.3) is 11.0 Å². The zero-order valence-electron chi connectivity index (χ0n) is 14.1. The topological polar surface area (TPSA) is 53.3 Å². The van der Waals surface area contributed by atoms with Crippen molar-refractivity contribution in [1.82, 2.24) is 9.55 Å². The van der Waals surface area contributed by atoms with Crippen molar-refractivity contribution in [3.8, 4) is 5.75 Å². The second kappa shape index (κ2) is 6.74. The molecule has 124 valence electrons. The Kier molecular flexibility index (Phi) is 4.51. The van der Waals surface area contributed by atoms with Crippen LogP contribution in [0.3, 0.4) is 0 Å². The monoisotopic (exact) mass is 324 g/mol. The minimum absolute atomic E-state index is 0.311. The minimum Gasteiger partial charge on any atom is -0.497 e. The highest BCUT2D eigenvalue weighted by molar-refractivity contribution is 5.93. The van der Waals surface area contributed by atoms with E-state index < -0.39 is 0 Å². The van der Waals surface area contributed by atoms with Gasteiger partial charge in [-0.3, -0.25) is 0 Å². The first-order valence-electron chi connectivity index (χ1n) is 7.89. The number of carbonyl (C=O) groups excluding carboxylic acids is 1. The SMILES string of the molecule is CCOC(=O)c1ccc2nc(C)n(Cc3ccc(OC)cc3)c2c1. The minimum atomic E-state index is -0.311. The predicted molar refractivity (Wildman–Crippen MR) is 92.5 cm³/mol. The number of fused-ring (bicyclic) bond motifs is 1. The molecule has 0 fully saturated rings. The van der Waals surface area contributed by atoms with Crippen LogP contribution >= 0.6 is 0 Å². The fraction of sp³-hybridized carbons (Fsp3) is 0.263. The van der Waals surface area contributed by atoms with E-state index in [1.54, 1.807) is 20.1 Å². The van der Waals surface area contributed by atoms with Gasteiger partial charge >= 0.3 is 5.97 Å². The lowest BCUT2D eigenvalue weighted by Gasteiger charge is -2.09. The highest BCUT2D eigenvalue weighted by atomic mass is 16.5. The highest BCUT2D eigenvalue weighted by Gasteiger charge is 2.12. The molecule has 0 N–H and O–H groups in total. The van der Waals surface area contributed by atoms with Crippen LogP contribution in [0, 0.1) is 6.92 Å². The van der Waals surface area contributed by atoms with E-state index in [1.807, 2.05) is 43.3 Å². The van der Waals surface area contributed by atoms with Gasteiger partial charge in [0, 0.05) is 6.54 Å². The quantitative estimate of drug-likeness (QED) is 0.673. The van der Waals surface area contributed by atoms with Crippen LogP contribution in [-0.2, 0) is 11.3 Å². The zero-order valence-corrected chi connectivity index (χ0v) is 14.1. The number of methoxy groups -OCH3 is 1. The molecule has 5 heteroatoms. The van der Waals surface area contributed by atoms with Crippen LogP contribution in [0.1, 0.15) is 28.7 Å². The molecule has 3 rings (SSSR count). The number of benzene rings is 2. The molecule has 0 saturated heterocycles. The number of carbonyl (C=O) groups is 1. The van der Waals surface area contributed by atoms with E-state index >= 15 is 0 Å². The molecule has 0 aliphatic carbocycles. The third-order valence-electron chi connectivity index (χ3n) is 3.95. The van der Waals surface area contributed by atoms with Crippen molar-refractivity contribution >= 4 is 17.0 Å². The molecule has 0 saturated carbocycles. The van der Waals surface area contributed by atoms with Crippen molar-refractivity contribution in [1.29, 1.82) is 0 Å². The highest BCUT2D eigenvalue weighted by Crippen LogP contribution is 2.21. The van der Waals surface area contributed by atoms with E-state index in [2.05, 4.69) is 9.55 Å². The van der Waals surface area contributed by atoms with Gasteiger partial charge in [0.25, 0.3) is 0 Å². The van der Waals surface area contributed by atoms with Crippen molar-refractivity contribution < 1.29 is 14.3 Å². The van der Waals surface area contributed by atoms with Crippen molar-refractivity contribution in [3.63, 3.8) is 0 Å². The maximum atomic E-state index is 12.0. The second-order valence-electron chi connectivity index (χ2n) is 5.52. The van der Waals surface area contributed by atoms with Gasteiger partial charge in [0.05, 0.1) is 30.3 Å². The average Bonchev–Trinajstić information content (AvgIpc) is 2.91. The Labute approximate surface area is 140 Å². The molecular formula is C19H20N2O3. The number of hydrogen-bond donors (Lipinski definition) is 0. The van der Waals surface area contributed by atoms with Gasteiger partial charge in [0.1, 0.15) is 11.6 Å². The molecule has 0 bridgehead atoms. The predicted octanol–water partition coefficient (Wildman–Crippen LogP) is 3.58. The number of nitrogens with zero attached hydrogens (tertiary/aromatic N) is 2. The van der Waals surface area contributed by atoms with E-state index in [1.165, 1.54) is 0 Å². The van der Waals surface area contributed by atoms with E-state index in [9.17, 15) is 4.79 Å². The van der Waals surface area contributed by atoms with Crippen molar-refractivity contribution in [2.24, 2.45) is 0 Å². The number of imidazole rings is 1. The lowest BCUT2D eigenvalue weighted by molar-refractivity contribution is 0.0526. The molecule has 24 heavy (non-hydrogen) atoms. The molecule has 0 aliphatic heterocycles. The van der Waals surface area contributed by atoms with Gasteiger partial charge in [-0.2, -0.15) is 0 Å². The van der Waals surface area contributed by atoms with Gasteiger partial charge in [0.2, 0.25) is 0 Å². The summed E-state index contributed by atoms with van der Waals surface area (Å²) in [5, 5.41) is 0. The first kappa shape index (κ1) is 16.1. The van der Waals surface area contributed by atoms with Crippen LogP contribution in [-0.4, -0.2) is 29.2 Å². The largest absolute Gasteiger partial charge is 0.497 e. The Morgan fingerprint density at radius 3 is 2.58 bits per heavy atom. The lowest BCUT2D eigenvalue weighted by Crippen LogP contribution is -2.06. The molecule has 0 spiro atoms. The van der Waals surface area contributed by atoms with Crippen molar-refractivity contribution in [2.75, 3.05) is 13.7 Å². The molecule has 5 nitrogen and oxygen atoms in total. The number of aromatic nitrogens is 2. The third-order valence-corrected chi connectivity index (χ3v) is 3.95. The Morgan fingerprint density at radius 1 is 1.17 bits per heavy atom. The van der Waals surface area contributed by atoms with Gasteiger partial charge < -0.3 is 14.0 Å². The molecule has 0 atom stereocenters. The fourth-order valence-electron chi connectivity index (χ4n) is 2.70. The first-order valence-corrected chi connectivity index (χ1v) is 7.89. The molecular weight excluding hydrogens is 304 g/mol. The second-order valence-corrected chi connectivity index (χ2v) is 5.52. The van der Waals surface area contributed by atoms with Crippen LogP contribution in [0.2, 0.25) is 0 Å². The standard InChI is InChI=1S/C19H20N2O3/c1-4-24-19(22)15-7-10-17-18(11-15)21(13(2)20-17)12-14-5-8-16(23-3)9-6-14/h5-11H,4,12H2,1-3H3. The smallest absolute Gasteiger partial charge is 0.338 e. The molecule has 0 aliphatic rings. The van der Waals surface area contributed by atoms with Gasteiger partial charge in [-0.15, -0.1) is 0 Å². The first-order chi connectivity index (χ1) is 11.6. The lowest BCUT2D eigenvalue weighted by atomic mass is 10.2. The summed E-state index contributed by atoms with van der Waals surface area (Å²) in [6.07, 6.45) is 0. The summed E-state index contributed by atoms with van der Waals surface area (Å²) >= 11 is 0. The molecule has 2 aromatic carbocycles. The maximum Gasteiger partial charge on any atom is 0.338 e. The average molecular weight is 324 g/mol. The Morgan fingerprint density at radius 2 is 1.92 bits per heavy atom. The molecule has 0 amide bonds. The Bertz CT molecular complexity index is 866. The summed E-state index contributed by atoms with van der Waals surface area (Å²) in [5.41, 5.74) is 3.47.